The van der Waals surface area contributed by atoms with E-state index in [1.54, 1.807) is 0 Å². The summed E-state index contributed by atoms with van der Waals surface area (Å²) in [4.78, 5) is 0. The van der Waals surface area contributed by atoms with Crippen LogP contribution in [0.25, 0.3) is 11.0 Å². The highest BCUT2D eigenvalue weighted by atomic mass is 35.5. The molecule has 3 nitrogen and oxygen atoms in total. The first-order chi connectivity index (χ1) is 10.3. The van der Waals surface area contributed by atoms with E-state index in [9.17, 15) is 0 Å². The van der Waals surface area contributed by atoms with E-state index < -0.39 is 0 Å². The maximum Gasteiger partial charge on any atom is 0.167 e. The summed E-state index contributed by atoms with van der Waals surface area (Å²) >= 11 is 5.77. The molecule has 2 aromatic carbocycles. The smallest absolute Gasteiger partial charge is 0.167 e. The minimum Gasteiger partial charge on any atom is -0.489 e. The van der Waals surface area contributed by atoms with Crippen molar-refractivity contribution in [1.29, 1.82) is 0 Å². The number of fused-ring (bicyclic) bond motifs is 1. The van der Waals surface area contributed by atoms with Crippen LogP contribution in [0, 0.1) is 6.92 Å². The quantitative estimate of drug-likeness (QED) is 0.651. The van der Waals surface area contributed by atoms with Crippen molar-refractivity contribution in [1.82, 2.24) is 5.16 Å². The maximum atomic E-state index is 5.84. The van der Waals surface area contributed by atoms with Gasteiger partial charge in [0.15, 0.2) is 5.58 Å². The molecule has 4 heteroatoms. The number of halogens is 1. The summed E-state index contributed by atoms with van der Waals surface area (Å²) < 4.78 is 11.1. The number of alkyl halides is 1. The number of benzene rings is 2. The number of hydrogen-bond donors (Lipinski definition) is 0. The second kappa shape index (κ2) is 6.19. The van der Waals surface area contributed by atoms with Gasteiger partial charge in [-0.25, -0.2) is 0 Å². The lowest BCUT2D eigenvalue weighted by Gasteiger charge is -2.06. The van der Waals surface area contributed by atoms with E-state index in [0.717, 1.165) is 28.0 Å². The van der Waals surface area contributed by atoms with Crippen molar-refractivity contribution in [2.75, 3.05) is 5.88 Å². The fourth-order valence-electron chi connectivity index (χ4n) is 2.18. The molecule has 3 rings (SSSR count). The zero-order chi connectivity index (χ0) is 14.7. The molecule has 0 aliphatic carbocycles. The Labute approximate surface area is 128 Å². The Morgan fingerprint density at radius 1 is 1.14 bits per heavy atom. The SMILES string of the molecule is Cc1ccc(COc2ccc3onc(CCCl)c3c2)cc1. The number of aryl methyl sites for hydroxylation is 2. The summed E-state index contributed by atoms with van der Waals surface area (Å²) in [6, 6.07) is 14.1. The van der Waals surface area contributed by atoms with E-state index in [0.29, 0.717) is 18.9 Å². The van der Waals surface area contributed by atoms with Gasteiger partial charge in [0.05, 0.1) is 5.69 Å². The molecule has 0 saturated heterocycles. The summed E-state index contributed by atoms with van der Waals surface area (Å²) in [7, 11) is 0. The van der Waals surface area contributed by atoms with Gasteiger partial charge in [-0.05, 0) is 30.7 Å². The molecule has 21 heavy (non-hydrogen) atoms. The van der Waals surface area contributed by atoms with E-state index in [2.05, 4.69) is 36.3 Å². The second-order valence-electron chi connectivity index (χ2n) is 5.00. The van der Waals surface area contributed by atoms with Gasteiger partial charge in [0.2, 0.25) is 0 Å². The van der Waals surface area contributed by atoms with Gasteiger partial charge in [0.1, 0.15) is 12.4 Å². The molecule has 0 unspecified atom stereocenters. The Bertz CT molecular complexity index is 734. The topological polar surface area (TPSA) is 35.3 Å². The summed E-state index contributed by atoms with van der Waals surface area (Å²) in [5.41, 5.74) is 4.03. The Morgan fingerprint density at radius 3 is 2.71 bits per heavy atom. The molecule has 0 aliphatic heterocycles. The van der Waals surface area contributed by atoms with Gasteiger partial charge in [-0.1, -0.05) is 35.0 Å². The Balaban J connectivity index is 1.77. The highest BCUT2D eigenvalue weighted by molar-refractivity contribution is 6.18. The minimum atomic E-state index is 0.524. The van der Waals surface area contributed by atoms with Gasteiger partial charge >= 0.3 is 0 Å². The van der Waals surface area contributed by atoms with Crippen LogP contribution in [0.1, 0.15) is 16.8 Å². The van der Waals surface area contributed by atoms with E-state index in [4.69, 9.17) is 20.9 Å². The van der Waals surface area contributed by atoms with Gasteiger partial charge in [-0.3, -0.25) is 0 Å². The minimum absolute atomic E-state index is 0.524. The molecule has 0 fully saturated rings. The highest BCUT2D eigenvalue weighted by Crippen LogP contribution is 2.25. The summed E-state index contributed by atoms with van der Waals surface area (Å²) in [5, 5.41) is 5.01. The normalized spacial score (nSPS) is 11.0. The maximum absolute atomic E-state index is 5.84. The number of ether oxygens (including phenoxy) is 1. The number of rotatable bonds is 5. The van der Waals surface area contributed by atoms with Crippen LogP contribution in [0.2, 0.25) is 0 Å². The Hall–Kier alpha value is -2.00. The standard InChI is InChI=1S/C17H16ClNO2/c1-12-2-4-13(5-3-12)11-20-14-6-7-17-15(10-14)16(8-9-18)19-21-17/h2-7,10H,8-9,11H2,1H3. The second-order valence-corrected chi connectivity index (χ2v) is 5.38. The van der Waals surface area contributed by atoms with Gasteiger partial charge < -0.3 is 9.26 Å². The first-order valence-corrected chi connectivity index (χ1v) is 7.42. The molecule has 0 N–H and O–H groups in total. The van der Waals surface area contributed by atoms with Crippen LogP contribution in [0.15, 0.2) is 47.0 Å². The molecule has 1 heterocycles. The van der Waals surface area contributed by atoms with Crippen molar-refractivity contribution in [2.45, 2.75) is 20.0 Å². The van der Waals surface area contributed by atoms with E-state index in [-0.39, 0.29) is 0 Å². The van der Waals surface area contributed by atoms with Crippen LogP contribution >= 0.6 is 11.6 Å². The van der Waals surface area contributed by atoms with Crippen molar-refractivity contribution in [3.8, 4) is 5.75 Å². The molecule has 0 radical (unpaired) electrons. The molecule has 1 aromatic heterocycles. The summed E-state index contributed by atoms with van der Waals surface area (Å²) in [6.45, 7) is 2.62. The van der Waals surface area contributed by atoms with Crippen molar-refractivity contribution in [3.05, 3.63) is 59.3 Å². The van der Waals surface area contributed by atoms with E-state index in [1.165, 1.54) is 5.56 Å². The van der Waals surface area contributed by atoms with Crippen LogP contribution in [0.4, 0.5) is 0 Å². The van der Waals surface area contributed by atoms with Gasteiger partial charge in [-0.15, -0.1) is 11.6 Å². The molecule has 0 spiro atoms. The molecule has 108 valence electrons. The number of aromatic nitrogens is 1. The molecule has 3 aromatic rings. The average Bonchev–Trinajstić information content (AvgIpc) is 2.90. The van der Waals surface area contributed by atoms with Gasteiger partial charge in [0.25, 0.3) is 0 Å². The molecule has 0 aliphatic rings. The van der Waals surface area contributed by atoms with Crippen LogP contribution in [-0.4, -0.2) is 11.0 Å². The molecule has 0 saturated carbocycles. The monoisotopic (exact) mass is 301 g/mol. The Kier molecular flexibility index (Phi) is 4.11. The van der Waals surface area contributed by atoms with Crippen molar-refractivity contribution in [2.24, 2.45) is 0 Å². The van der Waals surface area contributed by atoms with Gasteiger partial charge in [0, 0.05) is 17.7 Å². The summed E-state index contributed by atoms with van der Waals surface area (Å²) in [5.74, 6) is 1.33. The van der Waals surface area contributed by atoms with Crippen LogP contribution < -0.4 is 4.74 Å². The van der Waals surface area contributed by atoms with E-state index in [1.807, 2.05) is 18.2 Å². The number of hydrogen-bond acceptors (Lipinski definition) is 3. The first kappa shape index (κ1) is 14.0. The van der Waals surface area contributed by atoms with Crippen molar-refractivity contribution in [3.63, 3.8) is 0 Å². The lowest BCUT2D eigenvalue weighted by molar-refractivity contribution is 0.306. The number of nitrogens with zero attached hydrogens (tertiary/aromatic N) is 1. The lowest BCUT2D eigenvalue weighted by atomic mass is 10.1. The third-order valence-electron chi connectivity index (χ3n) is 3.37. The zero-order valence-corrected chi connectivity index (χ0v) is 12.6. The van der Waals surface area contributed by atoms with Crippen molar-refractivity contribution >= 4 is 22.6 Å². The predicted molar refractivity (Wildman–Crippen MR) is 83.9 cm³/mol. The highest BCUT2D eigenvalue weighted by Gasteiger charge is 2.09. The van der Waals surface area contributed by atoms with E-state index >= 15 is 0 Å². The predicted octanol–water partition coefficient (Wildman–Crippen LogP) is 4.50. The molecule has 0 atom stereocenters. The largest absolute Gasteiger partial charge is 0.489 e. The Morgan fingerprint density at radius 2 is 1.95 bits per heavy atom. The molecular weight excluding hydrogens is 286 g/mol. The molecular formula is C17H16ClNO2. The fourth-order valence-corrected chi connectivity index (χ4v) is 2.36. The van der Waals surface area contributed by atoms with Crippen LogP contribution in [0.3, 0.4) is 0 Å². The third-order valence-corrected chi connectivity index (χ3v) is 3.56. The fraction of sp³-hybridized carbons (Fsp3) is 0.235. The lowest BCUT2D eigenvalue weighted by Crippen LogP contribution is -1.95. The average molecular weight is 302 g/mol. The molecule has 0 amide bonds. The molecule has 0 bridgehead atoms. The first-order valence-electron chi connectivity index (χ1n) is 6.89. The van der Waals surface area contributed by atoms with Crippen LogP contribution in [0.5, 0.6) is 5.75 Å². The van der Waals surface area contributed by atoms with Gasteiger partial charge in [-0.2, -0.15) is 0 Å². The van der Waals surface area contributed by atoms with Crippen molar-refractivity contribution < 1.29 is 9.26 Å². The summed E-state index contributed by atoms with van der Waals surface area (Å²) in [6.07, 6.45) is 0.690. The third kappa shape index (κ3) is 3.19. The zero-order valence-electron chi connectivity index (χ0n) is 11.8. The van der Waals surface area contributed by atoms with Crippen LogP contribution in [-0.2, 0) is 13.0 Å².